The molecule has 0 fully saturated rings. The molecule has 1 N–H and O–H groups in total. The molecule has 7 heteroatoms. The van der Waals surface area contributed by atoms with E-state index in [0.717, 1.165) is 17.1 Å². The van der Waals surface area contributed by atoms with Crippen LogP contribution in [0.4, 0.5) is 0 Å². The first kappa shape index (κ1) is 15.5. The average molecular weight is 350 g/mol. The Kier molecular flexibility index (Phi) is 3.77. The lowest BCUT2D eigenvalue weighted by Crippen LogP contribution is -2.37. The van der Waals surface area contributed by atoms with Crippen LogP contribution in [0.5, 0.6) is 0 Å². The van der Waals surface area contributed by atoms with Gasteiger partial charge in [-0.05, 0) is 36.2 Å². The lowest BCUT2D eigenvalue weighted by Gasteiger charge is -2.14. The molecule has 6 nitrogen and oxygen atoms in total. The van der Waals surface area contributed by atoms with Crippen LogP contribution in [0.25, 0.3) is 21.6 Å². The first-order valence-corrected chi connectivity index (χ1v) is 8.54. The van der Waals surface area contributed by atoms with Crippen LogP contribution in [-0.4, -0.2) is 18.9 Å². The van der Waals surface area contributed by atoms with Crippen LogP contribution in [0.1, 0.15) is 18.5 Å². The van der Waals surface area contributed by atoms with E-state index in [4.69, 9.17) is 0 Å². The Balaban J connectivity index is 1.93. The summed E-state index contributed by atoms with van der Waals surface area (Å²) in [7, 11) is 0. The number of pyridine rings is 1. The number of hydrogen-bond acceptors (Lipinski definition) is 5. The minimum absolute atomic E-state index is 0.338. The fraction of sp³-hybridized carbons (Fsp3) is 0.111. The van der Waals surface area contributed by atoms with Gasteiger partial charge in [0.05, 0.1) is 17.3 Å². The maximum absolute atomic E-state index is 12.9. The van der Waals surface area contributed by atoms with Gasteiger partial charge in [0.15, 0.2) is 0 Å². The van der Waals surface area contributed by atoms with Gasteiger partial charge in [0.2, 0.25) is 0 Å². The van der Waals surface area contributed by atoms with Gasteiger partial charge < -0.3 is 4.98 Å². The van der Waals surface area contributed by atoms with Crippen LogP contribution in [0.15, 0.2) is 64.3 Å². The maximum atomic E-state index is 12.9. The van der Waals surface area contributed by atoms with Gasteiger partial charge >= 0.3 is 5.69 Å². The standard InChI is InChI=1S/C18H14N4O2S/c1-11(12-7-3-2-4-8-12)22-17(23)16-15(20-18(22)24)14(21-25-16)13-9-5-6-10-19-13/h2-11H,1H3,(H,20,24). The summed E-state index contributed by atoms with van der Waals surface area (Å²) in [6, 6.07) is 14.5. The molecular formula is C18H14N4O2S. The van der Waals surface area contributed by atoms with E-state index < -0.39 is 5.69 Å². The number of fused-ring (bicyclic) bond motifs is 1. The molecule has 3 heterocycles. The highest BCUT2D eigenvalue weighted by Crippen LogP contribution is 2.25. The summed E-state index contributed by atoms with van der Waals surface area (Å²) in [4.78, 5) is 32.6. The fourth-order valence-corrected chi connectivity index (χ4v) is 3.61. The number of nitrogens with one attached hydrogen (secondary N) is 1. The van der Waals surface area contributed by atoms with E-state index in [1.807, 2.05) is 43.3 Å². The van der Waals surface area contributed by atoms with E-state index in [-0.39, 0.29) is 11.6 Å². The van der Waals surface area contributed by atoms with E-state index in [2.05, 4.69) is 14.3 Å². The molecule has 4 aromatic rings. The number of aromatic nitrogens is 4. The molecule has 124 valence electrons. The molecule has 4 rings (SSSR count). The van der Waals surface area contributed by atoms with E-state index in [1.165, 1.54) is 4.57 Å². The molecule has 0 amide bonds. The zero-order chi connectivity index (χ0) is 17.4. The summed E-state index contributed by atoms with van der Waals surface area (Å²) in [6.07, 6.45) is 1.65. The summed E-state index contributed by atoms with van der Waals surface area (Å²) in [6.45, 7) is 1.83. The molecule has 0 spiro atoms. The van der Waals surface area contributed by atoms with Crippen molar-refractivity contribution in [1.82, 2.24) is 18.9 Å². The van der Waals surface area contributed by atoms with Gasteiger partial charge in [0, 0.05) is 6.20 Å². The van der Waals surface area contributed by atoms with Gasteiger partial charge in [-0.15, -0.1) is 0 Å². The van der Waals surface area contributed by atoms with Gasteiger partial charge in [-0.25, -0.2) is 4.79 Å². The summed E-state index contributed by atoms with van der Waals surface area (Å²) in [5.74, 6) is 0. The van der Waals surface area contributed by atoms with Gasteiger partial charge in [0.1, 0.15) is 10.4 Å². The van der Waals surface area contributed by atoms with Crippen LogP contribution >= 0.6 is 11.5 Å². The Morgan fingerprint density at radius 3 is 2.56 bits per heavy atom. The number of benzene rings is 1. The topological polar surface area (TPSA) is 80.6 Å². The zero-order valence-electron chi connectivity index (χ0n) is 13.3. The van der Waals surface area contributed by atoms with Crippen molar-refractivity contribution in [3.63, 3.8) is 0 Å². The Bertz CT molecular complexity index is 1150. The largest absolute Gasteiger partial charge is 0.329 e. The molecule has 0 saturated heterocycles. The smallest absolute Gasteiger partial charge is 0.304 e. The third kappa shape index (κ3) is 2.58. The first-order valence-electron chi connectivity index (χ1n) is 7.77. The summed E-state index contributed by atoms with van der Waals surface area (Å²) in [5, 5.41) is 0. The fourth-order valence-electron chi connectivity index (χ4n) is 2.83. The minimum Gasteiger partial charge on any atom is -0.304 e. The van der Waals surface area contributed by atoms with E-state index >= 15 is 0 Å². The highest BCUT2D eigenvalue weighted by Gasteiger charge is 2.19. The number of aromatic amines is 1. The Morgan fingerprint density at radius 2 is 1.84 bits per heavy atom. The predicted octanol–water partition coefficient (Wildman–Crippen LogP) is 2.82. The van der Waals surface area contributed by atoms with Gasteiger partial charge in [-0.3, -0.25) is 14.3 Å². The second-order valence-electron chi connectivity index (χ2n) is 5.64. The lowest BCUT2D eigenvalue weighted by molar-refractivity contribution is 0.586. The van der Waals surface area contributed by atoms with Crippen molar-refractivity contribution in [2.24, 2.45) is 0 Å². The molecule has 25 heavy (non-hydrogen) atoms. The first-order chi connectivity index (χ1) is 12.2. The van der Waals surface area contributed by atoms with Crippen molar-refractivity contribution in [2.45, 2.75) is 13.0 Å². The van der Waals surface area contributed by atoms with Crippen molar-refractivity contribution in [3.8, 4) is 11.4 Å². The molecule has 0 radical (unpaired) electrons. The van der Waals surface area contributed by atoms with Gasteiger partial charge in [-0.1, -0.05) is 36.4 Å². The molecule has 0 aliphatic heterocycles. The quantitative estimate of drug-likeness (QED) is 0.616. The molecule has 3 aromatic heterocycles. The van der Waals surface area contributed by atoms with Crippen LogP contribution in [0.3, 0.4) is 0 Å². The third-order valence-electron chi connectivity index (χ3n) is 4.13. The van der Waals surface area contributed by atoms with E-state index in [1.54, 1.807) is 18.3 Å². The van der Waals surface area contributed by atoms with Crippen LogP contribution in [0, 0.1) is 0 Å². The summed E-state index contributed by atoms with van der Waals surface area (Å²) < 4.78 is 5.99. The minimum atomic E-state index is -0.453. The molecular weight excluding hydrogens is 336 g/mol. The van der Waals surface area contributed by atoms with E-state index in [0.29, 0.717) is 21.6 Å². The van der Waals surface area contributed by atoms with Crippen molar-refractivity contribution >= 4 is 21.7 Å². The second-order valence-corrected chi connectivity index (χ2v) is 6.42. The van der Waals surface area contributed by atoms with Crippen molar-refractivity contribution in [1.29, 1.82) is 0 Å². The zero-order valence-corrected chi connectivity index (χ0v) is 14.2. The highest BCUT2D eigenvalue weighted by molar-refractivity contribution is 7.13. The monoisotopic (exact) mass is 350 g/mol. The van der Waals surface area contributed by atoms with Gasteiger partial charge in [0.25, 0.3) is 5.56 Å². The predicted molar refractivity (Wildman–Crippen MR) is 98.0 cm³/mol. The van der Waals surface area contributed by atoms with Crippen LogP contribution < -0.4 is 11.2 Å². The number of nitrogens with zero attached hydrogens (tertiary/aromatic N) is 3. The molecule has 0 aliphatic rings. The normalized spacial score (nSPS) is 12.4. The maximum Gasteiger partial charge on any atom is 0.329 e. The number of rotatable bonds is 3. The number of H-pyrrole nitrogens is 1. The van der Waals surface area contributed by atoms with Gasteiger partial charge in [-0.2, -0.15) is 4.37 Å². The van der Waals surface area contributed by atoms with Crippen molar-refractivity contribution < 1.29 is 0 Å². The van der Waals surface area contributed by atoms with Crippen LogP contribution in [0.2, 0.25) is 0 Å². The lowest BCUT2D eigenvalue weighted by atomic mass is 10.1. The SMILES string of the molecule is CC(c1ccccc1)n1c(=O)[nH]c2c(-c3ccccn3)nsc2c1=O. The number of hydrogen-bond donors (Lipinski definition) is 1. The molecule has 0 bridgehead atoms. The van der Waals surface area contributed by atoms with Crippen LogP contribution in [-0.2, 0) is 0 Å². The molecule has 0 saturated carbocycles. The average Bonchev–Trinajstić information content (AvgIpc) is 3.07. The van der Waals surface area contributed by atoms with E-state index in [9.17, 15) is 9.59 Å². The Hall–Kier alpha value is -3.06. The molecule has 1 unspecified atom stereocenters. The van der Waals surface area contributed by atoms with Crippen molar-refractivity contribution in [2.75, 3.05) is 0 Å². The second kappa shape index (κ2) is 6.10. The third-order valence-corrected chi connectivity index (χ3v) is 4.97. The molecule has 1 atom stereocenters. The highest BCUT2D eigenvalue weighted by atomic mass is 32.1. The summed E-state index contributed by atoms with van der Waals surface area (Å²) in [5.41, 5.74) is 1.69. The molecule has 1 aromatic carbocycles. The van der Waals surface area contributed by atoms with Crippen molar-refractivity contribution in [3.05, 3.63) is 81.1 Å². The molecule has 0 aliphatic carbocycles. The summed E-state index contributed by atoms with van der Waals surface area (Å²) >= 11 is 1.08. The Morgan fingerprint density at radius 1 is 1.08 bits per heavy atom. The Labute approximate surface area is 146 Å².